The van der Waals surface area contributed by atoms with Gasteiger partial charge in [0.1, 0.15) is 0 Å². The predicted molar refractivity (Wildman–Crippen MR) is 78.0 cm³/mol. The summed E-state index contributed by atoms with van der Waals surface area (Å²) in [4.78, 5) is 0. The highest BCUT2D eigenvalue weighted by molar-refractivity contribution is 5.14. The number of nitrogens with one attached hydrogen (secondary N) is 1. The molecular formula is C16H27NO. The van der Waals surface area contributed by atoms with Crippen LogP contribution in [0.5, 0.6) is 0 Å². The fraction of sp³-hybridized carbons (Fsp3) is 0.625. The van der Waals surface area contributed by atoms with Gasteiger partial charge in [0.25, 0.3) is 0 Å². The summed E-state index contributed by atoms with van der Waals surface area (Å²) in [6, 6.07) is 11.1. The Morgan fingerprint density at radius 2 is 1.94 bits per heavy atom. The Balaban J connectivity index is 1.93. The summed E-state index contributed by atoms with van der Waals surface area (Å²) in [5.41, 5.74) is 1.36. The van der Waals surface area contributed by atoms with Crippen molar-refractivity contribution in [3.8, 4) is 0 Å². The topological polar surface area (TPSA) is 21.3 Å². The van der Waals surface area contributed by atoms with Crippen molar-refractivity contribution in [2.75, 3.05) is 19.8 Å². The van der Waals surface area contributed by atoms with Crippen LogP contribution in [0.25, 0.3) is 0 Å². The predicted octanol–water partition coefficient (Wildman–Crippen LogP) is 3.41. The molecule has 1 aromatic rings. The summed E-state index contributed by atoms with van der Waals surface area (Å²) >= 11 is 0. The van der Waals surface area contributed by atoms with Gasteiger partial charge in [0.15, 0.2) is 0 Å². The molecule has 102 valence electrons. The summed E-state index contributed by atoms with van der Waals surface area (Å²) in [5, 5.41) is 3.49. The van der Waals surface area contributed by atoms with Gasteiger partial charge in [-0.1, -0.05) is 37.3 Å². The quantitative estimate of drug-likeness (QED) is 0.642. The molecule has 0 amide bonds. The molecular weight excluding hydrogens is 222 g/mol. The highest BCUT2D eigenvalue weighted by Gasteiger charge is 1.99. The first-order valence-electron chi connectivity index (χ1n) is 7.18. The molecule has 0 aliphatic rings. The normalized spacial score (nSPS) is 12.6. The Bertz CT molecular complexity index is 286. The summed E-state index contributed by atoms with van der Waals surface area (Å²) in [7, 11) is 0. The van der Waals surface area contributed by atoms with Crippen LogP contribution in [-0.4, -0.2) is 25.8 Å². The van der Waals surface area contributed by atoms with Crippen LogP contribution < -0.4 is 5.32 Å². The second kappa shape index (κ2) is 10.1. The molecule has 1 N–H and O–H groups in total. The maximum Gasteiger partial charge on any atom is 0.0506 e. The maximum absolute atomic E-state index is 5.66. The van der Waals surface area contributed by atoms with E-state index in [1.54, 1.807) is 0 Å². The molecule has 0 radical (unpaired) electrons. The molecule has 0 saturated carbocycles. The molecule has 0 heterocycles. The molecule has 1 aromatic carbocycles. The fourth-order valence-electron chi connectivity index (χ4n) is 1.92. The first-order valence-corrected chi connectivity index (χ1v) is 7.18. The van der Waals surface area contributed by atoms with Crippen LogP contribution in [0.15, 0.2) is 30.3 Å². The van der Waals surface area contributed by atoms with Gasteiger partial charge in [0, 0.05) is 12.6 Å². The van der Waals surface area contributed by atoms with E-state index < -0.39 is 0 Å². The zero-order valence-electron chi connectivity index (χ0n) is 11.8. The van der Waals surface area contributed by atoms with Crippen molar-refractivity contribution in [3.63, 3.8) is 0 Å². The van der Waals surface area contributed by atoms with Gasteiger partial charge >= 0.3 is 0 Å². The molecule has 2 heteroatoms. The maximum atomic E-state index is 5.66. The van der Waals surface area contributed by atoms with Gasteiger partial charge in [0.05, 0.1) is 6.61 Å². The summed E-state index contributed by atoms with van der Waals surface area (Å²) in [5.74, 6) is 0. The van der Waals surface area contributed by atoms with Gasteiger partial charge in [-0.3, -0.25) is 0 Å². The summed E-state index contributed by atoms with van der Waals surface area (Å²) in [6.45, 7) is 7.29. The van der Waals surface area contributed by atoms with Crippen molar-refractivity contribution in [1.82, 2.24) is 5.32 Å². The molecule has 0 aliphatic carbocycles. The van der Waals surface area contributed by atoms with Crippen molar-refractivity contribution in [1.29, 1.82) is 0 Å². The van der Waals surface area contributed by atoms with Crippen LogP contribution in [0, 0.1) is 0 Å². The van der Waals surface area contributed by atoms with Crippen LogP contribution in [0.3, 0.4) is 0 Å². The van der Waals surface area contributed by atoms with Crippen molar-refractivity contribution in [2.45, 2.75) is 45.6 Å². The largest absolute Gasteiger partial charge is 0.381 e. The number of ether oxygens (including phenoxy) is 1. The third kappa shape index (κ3) is 7.46. The number of hydrogen-bond acceptors (Lipinski definition) is 2. The SMILES string of the molecule is CCCNC(C)CCCOCCc1ccccc1. The van der Waals surface area contributed by atoms with E-state index >= 15 is 0 Å². The first-order chi connectivity index (χ1) is 8.83. The molecule has 0 aliphatic heterocycles. The van der Waals surface area contributed by atoms with Gasteiger partial charge in [-0.15, -0.1) is 0 Å². The lowest BCUT2D eigenvalue weighted by Crippen LogP contribution is -2.26. The minimum absolute atomic E-state index is 0.614. The molecule has 0 aromatic heterocycles. The molecule has 1 atom stereocenters. The zero-order valence-corrected chi connectivity index (χ0v) is 11.8. The van der Waals surface area contributed by atoms with Crippen molar-refractivity contribution >= 4 is 0 Å². The van der Waals surface area contributed by atoms with Crippen molar-refractivity contribution < 1.29 is 4.74 Å². The van der Waals surface area contributed by atoms with Gasteiger partial charge in [-0.25, -0.2) is 0 Å². The number of hydrogen-bond donors (Lipinski definition) is 1. The highest BCUT2D eigenvalue weighted by atomic mass is 16.5. The molecule has 18 heavy (non-hydrogen) atoms. The van der Waals surface area contributed by atoms with E-state index in [0.29, 0.717) is 6.04 Å². The molecule has 2 nitrogen and oxygen atoms in total. The molecule has 0 fully saturated rings. The van der Waals surface area contributed by atoms with Gasteiger partial charge in [-0.2, -0.15) is 0 Å². The van der Waals surface area contributed by atoms with Crippen LogP contribution in [0.2, 0.25) is 0 Å². The Morgan fingerprint density at radius 3 is 2.67 bits per heavy atom. The summed E-state index contributed by atoms with van der Waals surface area (Å²) < 4.78 is 5.66. The van der Waals surface area contributed by atoms with Gasteiger partial charge in [0.2, 0.25) is 0 Å². The van der Waals surface area contributed by atoms with E-state index in [1.165, 1.54) is 18.4 Å². The molecule has 1 unspecified atom stereocenters. The van der Waals surface area contributed by atoms with Gasteiger partial charge in [-0.05, 0) is 44.7 Å². The Kier molecular flexibility index (Phi) is 8.53. The van der Waals surface area contributed by atoms with Gasteiger partial charge < -0.3 is 10.1 Å². The summed E-state index contributed by atoms with van der Waals surface area (Å²) in [6.07, 6.45) is 4.57. The Morgan fingerprint density at radius 1 is 1.17 bits per heavy atom. The van der Waals surface area contributed by atoms with Crippen molar-refractivity contribution in [2.24, 2.45) is 0 Å². The minimum Gasteiger partial charge on any atom is -0.381 e. The van der Waals surface area contributed by atoms with E-state index in [0.717, 1.165) is 32.6 Å². The van der Waals surface area contributed by atoms with Crippen LogP contribution in [0.4, 0.5) is 0 Å². The molecule has 0 spiro atoms. The molecule has 1 rings (SSSR count). The first kappa shape index (κ1) is 15.2. The second-order valence-electron chi connectivity index (χ2n) is 4.85. The Hall–Kier alpha value is -0.860. The van der Waals surface area contributed by atoms with Crippen LogP contribution >= 0.6 is 0 Å². The number of benzene rings is 1. The van der Waals surface area contributed by atoms with Crippen LogP contribution in [0.1, 0.15) is 38.7 Å². The standard InChI is InChI=1S/C16H27NO/c1-3-12-17-15(2)8-7-13-18-14-11-16-9-5-4-6-10-16/h4-6,9-10,15,17H,3,7-8,11-14H2,1-2H3. The Labute approximate surface area is 112 Å². The minimum atomic E-state index is 0.614. The average Bonchev–Trinajstić information content (AvgIpc) is 2.41. The third-order valence-corrected chi connectivity index (χ3v) is 3.05. The van der Waals surface area contributed by atoms with Crippen molar-refractivity contribution in [3.05, 3.63) is 35.9 Å². The second-order valence-corrected chi connectivity index (χ2v) is 4.85. The van der Waals surface area contributed by atoms with E-state index in [9.17, 15) is 0 Å². The third-order valence-electron chi connectivity index (χ3n) is 3.05. The molecule has 0 saturated heterocycles. The zero-order chi connectivity index (χ0) is 13.1. The lowest BCUT2D eigenvalue weighted by atomic mass is 10.2. The highest BCUT2D eigenvalue weighted by Crippen LogP contribution is 2.01. The molecule has 0 bridgehead atoms. The lowest BCUT2D eigenvalue weighted by Gasteiger charge is -2.12. The van der Waals surface area contributed by atoms with Crippen LogP contribution in [-0.2, 0) is 11.2 Å². The van der Waals surface area contributed by atoms with E-state index in [2.05, 4.69) is 49.5 Å². The van der Waals surface area contributed by atoms with E-state index in [-0.39, 0.29) is 0 Å². The fourth-order valence-corrected chi connectivity index (χ4v) is 1.92. The average molecular weight is 249 g/mol. The van der Waals surface area contributed by atoms with E-state index in [1.807, 2.05) is 0 Å². The lowest BCUT2D eigenvalue weighted by molar-refractivity contribution is 0.131. The van der Waals surface area contributed by atoms with E-state index in [4.69, 9.17) is 4.74 Å². The smallest absolute Gasteiger partial charge is 0.0506 e. The monoisotopic (exact) mass is 249 g/mol. The number of rotatable bonds is 10.